The Morgan fingerprint density at radius 2 is 1.79 bits per heavy atom. The molecule has 1 N–H and O–H groups in total. The fraction of sp³-hybridized carbons (Fsp3) is 0.562. The molecule has 1 saturated heterocycles. The molecule has 0 aliphatic carbocycles. The molecule has 1 heterocycles. The Kier molecular flexibility index (Phi) is 4.97. The van der Waals surface area contributed by atoms with E-state index >= 15 is 0 Å². The number of amides is 1. The Bertz CT molecular complexity index is 409. The van der Waals surface area contributed by atoms with Gasteiger partial charge in [-0.1, -0.05) is 37.6 Å². The summed E-state index contributed by atoms with van der Waals surface area (Å²) in [5.74, 6) is 0.485. The lowest BCUT2D eigenvalue weighted by Crippen LogP contribution is -2.51. The van der Waals surface area contributed by atoms with Crippen LogP contribution < -0.4 is 5.32 Å². The van der Waals surface area contributed by atoms with Gasteiger partial charge in [-0.2, -0.15) is 0 Å². The molecule has 1 aromatic rings. The number of rotatable bonds is 6. The van der Waals surface area contributed by atoms with Crippen molar-refractivity contribution in [2.75, 3.05) is 26.7 Å². The van der Waals surface area contributed by atoms with E-state index in [0.717, 1.165) is 32.5 Å². The third-order valence-electron chi connectivity index (χ3n) is 3.80. The number of carbonyl (C=O) groups excluding carboxylic acids is 1. The minimum Gasteiger partial charge on any atom is -0.345 e. The van der Waals surface area contributed by atoms with Gasteiger partial charge in [0, 0.05) is 26.7 Å². The molecular weight excluding hydrogens is 236 g/mol. The maximum atomic E-state index is 12.0. The van der Waals surface area contributed by atoms with Crippen molar-refractivity contribution in [3.05, 3.63) is 35.4 Å². The molecule has 19 heavy (non-hydrogen) atoms. The van der Waals surface area contributed by atoms with E-state index < -0.39 is 0 Å². The summed E-state index contributed by atoms with van der Waals surface area (Å²) in [4.78, 5) is 13.8. The van der Waals surface area contributed by atoms with Crippen molar-refractivity contribution in [2.24, 2.45) is 5.92 Å². The van der Waals surface area contributed by atoms with Crippen LogP contribution in [0.1, 0.15) is 24.5 Å². The molecule has 0 aromatic heterocycles. The Balaban J connectivity index is 1.79. The first kappa shape index (κ1) is 14.1. The van der Waals surface area contributed by atoms with Gasteiger partial charge in [-0.25, -0.2) is 0 Å². The Labute approximate surface area is 116 Å². The molecule has 1 fully saturated rings. The first-order valence-electron chi connectivity index (χ1n) is 7.24. The molecule has 0 saturated carbocycles. The molecule has 3 nitrogen and oxygen atoms in total. The highest BCUT2D eigenvalue weighted by atomic mass is 16.2. The van der Waals surface area contributed by atoms with Gasteiger partial charge in [0.1, 0.15) is 0 Å². The van der Waals surface area contributed by atoms with Gasteiger partial charge >= 0.3 is 0 Å². The molecule has 0 radical (unpaired) electrons. The molecule has 2 rings (SSSR count). The zero-order chi connectivity index (χ0) is 13.7. The van der Waals surface area contributed by atoms with Crippen LogP contribution in [-0.2, 0) is 17.6 Å². The van der Waals surface area contributed by atoms with Crippen molar-refractivity contribution in [1.82, 2.24) is 10.2 Å². The first-order chi connectivity index (χ1) is 9.20. The van der Waals surface area contributed by atoms with Gasteiger partial charge in [0.15, 0.2) is 0 Å². The standard InChI is InChI=1S/C16H24N2O/c1-3-4-13-5-7-14(8-6-13)9-10-18(2)16(19)15-11-17-12-15/h5-8,15,17H,3-4,9-12H2,1-2H3. The Hall–Kier alpha value is -1.35. The molecule has 3 heteroatoms. The summed E-state index contributed by atoms with van der Waals surface area (Å²) in [5, 5.41) is 3.14. The second-order valence-electron chi connectivity index (χ2n) is 5.43. The van der Waals surface area contributed by atoms with Crippen LogP contribution in [0.2, 0.25) is 0 Å². The average molecular weight is 260 g/mol. The summed E-state index contributed by atoms with van der Waals surface area (Å²) in [6, 6.07) is 8.79. The number of nitrogens with one attached hydrogen (secondary N) is 1. The van der Waals surface area contributed by atoms with Gasteiger partial charge in [0.05, 0.1) is 5.92 Å². The van der Waals surface area contributed by atoms with Crippen molar-refractivity contribution >= 4 is 5.91 Å². The van der Waals surface area contributed by atoms with Crippen LogP contribution in [0.3, 0.4) is 0 Å². The third-order valence-corrected chi connectivity index (χ3v) is 3.80. The largest absolute Gasteiger partial charge is 0.345 e. The highest BCUT2D eigenvalue weighted by Crippen LogP contribution is 2.10. The minimum absolute atomic E-state index is 0.205. The quantitative estimate of drug-likeness (QED) is 0.847. The third kappa shape index (κ3) is 3.80. The van der Waals surface area contributed by atoms with Crippen molar-refractivity contribution < 1.29 is 4.79 Å². The molecule has 0 atom stereocenters. The molecule has 104 valence electrons. The van der Waals surface area contributed by atoms with Gasteiger partial charge in [-0.3, -0.25) is 4.79 Å². The monoisotopic (exact) mass is 260 g/mol. The fourth-order valence-corrected chi connectivity index (χ4v) is 2.34. The summed E-state index contributed by atoms with van der Waals surface area (Å²) in [7, 11) is 1.91. The lowest BCUT2D eigenvalue weighted by atomic mass is 10.0. The van der Waals surface area contributed by atoms with Crippen LogP contribution in [0.4, 0.5) is 0 Å². The topological polar surface area (TPSA) is 32.3 Å². The maximum absolute atomic E-state index is 12.0. The van der Waals surface area contributed by atoms with Crippen molar-refractivity contribution in [3.8, 4) is 0 Å². The highest BCUT2D eigenvalue weighted by Gasteiger charge is 2.27. The first-order valence-corrected chi connectivity index (χ1v) is 7.24. The summed E-state index contributed by atoms with van der Waals surface area (Å²) in [6.07, 6.45) is 3.27. The van der Waals surface area contributed by atoms with Gasteiger partial charge in [-0.15, -0.1) is 0 Å². The molecule has 0 unspecified atom stereocenters. The lowest BCUT2D eigenvalue weighted by molar-refractivity contribution is -0.135. The van der Waals surface area contributed by atoms with Gasteiger partial charge in [0.2, 0.25) is 5.91 Å². The van der Waals surface area contributed by atoms with E-state index in [2.05, 4.69) is 36.5 Å². The van der Waals surface area contributed by atoms with Crippen molar-refractivity contribution in [2.45, 2.75) is 26.2 Å². The zero-order valence-corrected chi connectivity index (χ0v) is 12.0. The van der Waals surface area contributed by atoms with E-state index in [1.807, 2.05) is 11.9 Å². The van der Waals surface area contributed by atoms with E-state index in [1.165, 1.54) is 17.5 Å². The highest BCUT2D eigenvalue weighted by molar-refractivity contribution is 5.79. The van der Waals surface area contributed by atoms with Crippen LogP contribution in [0.15, 0.2) is 24.3 Å². The van der Waals surface area contributed by atoms with E-state index in [-0.39, 0.29) is 11.8 Å². The molecular formula is C16H24N2O. The van der Waals surface area contributed by atoms with Crippen LogP contribution in [-0.4, -0.2) is 37.5 Å². The number of likely N-dealkylation sites (N-methyl/N-ethyl adjacent to an activating group) is 1. The van der Waals surface area contributed by atoms with E-state index in [4.69, 9.17) is 0 Å². The van der Waals surface area contributed by atoms with Crippen molar-refractivity contribution in [1.29, 1.82) is 0 Å². The Morgan fingerprint density at radius 1 is 1.21 bits per heavy atom. The summed E-state index contributed by atoms with van der Waals surface area (Å²) >= 11 is 0. The second kappa shape index (κ2) is 6.71. The van der Waals surface area contributed by atoms with Crippen LogP contribution in [0, 0.1) is 5.92 Å². The van der Waals surface area contributed by atoms with E-state index in [1.54, 1.807) is 0 Å². The fourth-order valence-electron chi connectivity index (χ4n) is 2.34. The number of benzene rings is 1. The normalized spacial score (nSPS) is 15.1. The zero-order valence-electron chi connectivity index (χ0n) is 12.0. The summed E-state index contributed by atoms with van der Waals surface area (Å²) in [5.41, 5.74) is 2.71. The number of aryl methyl sites for hydroxylation is 1. The molecule has 1 aliphatic rings. The predicted molar refractivity (Wildman–Crippen MR) is 78.1 cm³/mol. The van der Waals surface area contributed by atoms with E-state index in [0.29, 0.717) is 0 Å². The molecule has 0 spiro atoms. The molecule has 0 bridgehead atoms. The SMILES string of the molecule is CCCc1ccc(CCN(C)C(=O)C2CNC2)cc1. The smallest absolute Gasteiger partial charge is 0.228 e. The summed E-state index contributed by atoms with van der Waals surface area (Å²) in [6.45, 7) is 4.69. The number of nitrogens with zero attached hydrogens (tertiary/aromatic N) is 1. The molecule has 1 aliphatic heterocycles. The minimum atomic E-state index is 0.205. The predicted octanol–water partition coefficient (Wildman–Crippen LogP) is 1.86. The summed E-state index contributed by atoms with van der Waals surface area (Å²) < 4.78 is 0. The lowest BCUT2D eigenvalue weighted by Gasteiger charge is -2.30. The van der Waals surface area contributed by atoms with Crippen LogP contribution in [0.5, 0.6) is 0 Å². The van der Waals surface area contributed by atoms with Gasteiger partial charge < -0.3 is 10.2 Å². The number of hydrogen-bond donors (Lipinski definition) is 1. The second-order valence-corrected chi connectivity index (χ2v) is 5.43. The number of carbonyl (C=O) groups is 1. The maximum Gasteiger partial charge on any atom is 0.228 e. The Morgan fingerprint density at radius 3 is 2.26 bits per heavy atom. The van der Waals surface area contributed by atoms with Crippen LogP contribution >= 0.6 is 0 Å². The van der Waals surface area contributed by atoms with Gasteiger partial charge in [0.25, 0.3) is 0 Å². The average Bonchev–Trinajstić information content (AvgIpc) is 2.36. The molecule has 1 aromatic carbocycles. The van der Waals surface area contributed by atoms with Gasteiger partial charge in [-0.05, 0) is 24.0 Å². The van der Waals surface area contributed by atoms with E-state index in [9.17, 15) is 4.79 Å². The van der Waals surface area contributed by atoms with Crippen LogP contribution in [0.25, 0.3) is 0 Å². The number of hydrogen-bond acceptors (Lipinski definition) is 2. The molecule has 1 amide bonds. The van der Waals surface area contributed by atoms with Crippen molar-refractivity contribution in [3.63, 3.8) is 0 Å².